The van der Waals surface area contributed by atoms with Crippen molar-refractivity contribution in [3.05, 3.63) is 35.9 Å². The molecule has 1 atom stereocenters. The molecule has 1 aliphatic rings. The minimum atomic E-state index is -1.22. The highest BCUT2D eigenvalue weighted by Gasteiger charge is 2.38. The maximum Gasteiger partial charge on any atom is 0.420 e. The smallest absolute Gasteiger partial charge is 0.420 e. The van der Waals surface area contributed by atoms with Crippen LogP contribution in [0.1, 0.15) is 5.56 Å². The molecule has 0 bridgehead atoms. The highest BCUT2D eigenvalue weighted by atomic mass is 32.2. The first-order valence-corrected chi connectivity index (χ1v) is 5.90. The molecule has 0 spiro atoms. The summed E-state index contributed by atoms with van der Waals surface area (Å²) in [7, 11) is 0. The SMILES string of the molecule is O=C(OCc1ccccc1)[C@H]1COSN1C(=O)O. The first-order valence-electron chi connectivity index (χ1n) is 5.21. The normalized spacial score (nSPS) is 18.7. The van der Waals surface area contributed by atoms with Gasteiger partial charge in [0, 0.05) is 0 Å². The van der Waals surface area contributed by atoms with Crippen LogP contribution in [0.5, 0.6) is 0 Å². The molecule has 18 heavy (non-hydrogen) atoms. The van der Waals surface area contributed by atoms with Crippen molar-refractivity contribution in [1.29, 1.82) is 0 Å². The number of rotatable bonds is 3. The Morgan fingerprint density at radius 3 is 2.83 bits per heavy atom. The summed E-state index contributed by atoms with van der Waals surface area (Å²) in [6.07, 6.45) is -1.22. The van der Waals surface area contributed by atoms with E-state index < -0.39 is 18.1 Å². The second kappa shape index (κ2) is 5.74. The van der Waals surface area contributed by atoms with Gasteiger partial charge in [0.1, 0.15) is 18.8 Å². The van der Waals surface area contributed by atoms with Crippen LogP contribution < -0.4 is 0 Å². The standard InChI is InChI=1S/C11H11NO5S/c13-10(9-7-17-18-12(9)11(14)15)16-6-8-4-2-1-3-5-8/h1-5,9H,6-7H2,(H,14,15)/t9-/m1/s1. The number of hydrogen-bond acceptors (Lipinski definition) is 5. The van der Waals surface area contributed by atoms with E-state index in [2.05, 4.69) is 0 Å². The van der Waals surface area contributed by atoms with Gasteiger partial charge in [-0.05, 0) is 5.56 Å². The number of amides is 1. The first kappa shape index (κ1) is 12.7. The van der Waals surface area contributed by atoms with Crippen molar-refractivity contribution < 1.29 is 23.6 Å². The third kappa shape index (κ3) is 2.93. The lowest BCUT2D eigenvalue weighted by atomic mass is 10.2. The maximum absolute atomic E-state index is 11.7. The highest BCUT2D eigenvalue weighted by molar-refractivity contribution is 7.93. The Hall–Kier alpha value is -1.73. The van der Waals surface area contributed by atoms with Gasteiger partial charge in [-0.15, -0.1) is 0 Å². The van der Waals surface area contributed by atoms with Gasteiger partial charge in [-0.25, -0.2) is 13.9 Å². The summed E-state index contributed by atoms with van der Waals surface area (Å²) >= 11 is 0.642. The fourth-order valence-corrected chi connectivity index (χ4v) is 2.04. The molecule has 0 saturated carbocycles. The predicted molar refractivity (Wildman–Crippen MR) is 63.4 cm³/mol. The van der Waals surface area contributed by atoms with Crippen LogP contribution in [0.3, 0.4) is 0 Å². The summed E-state index contributed by atoms with van der Waals surface area (Å²) in [4.78, 5) is 22.5. The molecule has 1 saturated heterocycles. The third-order valence-electron chi connectivity index (χ3n) is 2.33. The Bertz CT molecular complexity index is 438. The zero-order chi connectivity index (χ0) is 13.0. The van der Waals surface area contributed by atoms with Gasteiger partial charge in [-0.3, -0.25) is 4.18 Å². The predicted octanol–water partition coefficient (Wildman–Crippen LogP) is 1.67. The molecular weight excluding hydrogens is 258 g/mol. The van der Waals surface area contributed by atoms with Crippen LogP contribution >= 0.6 is 12.2 Å². The largest absolute Gasteiger partial charge is 0.464 e. The second-order valence-electron chi connectivity index (χ2n) is 3.58. The molecule has 1 amide bonds. The lowest BCUT2D eigenvalue weighted by Crippen LogP contribution is -2.39. The fourth-order valence-electron chi connectivity index (χ4n) is 1.43. The average molecular weight is 269 g/mol. The van der Waals surface area contributed by atoms with Crippen molar-refractivity contribution in [2.24, 2.45) is 0 Å². The van der Waals surface area contributed by atoms with E-state index in [9.17, 15) is 9.59 Å². The highest BCUT2D eigenvalue weighted by Crippen LogP contribution is 2.25. The number of esters is 1. The molecule has 1 aromatic carbocycles. The molecular formula is C11H11NO5S. The Labute approximate surface area is 108 Å². The zero-order valence-corrected chi connectivity index (χ0v) is 10.1. The quantitative estimate of drug-likeness (QED) is 0.511. The fraction of sp³-hybridized carbons (Fsp3) is 0.273. The van der Waals surface area contributed by atoms with Gasteiger partial charge in [0.05, 0.1) is 6.61 Å². The Balaban J connectivity index is 1.90. The average Bonchev–Trinajstić information content (AvgIpc) is 2.86. The van der Waals surface area contributed by atoms with E-state index in [1.54, 1.807) is 0 Å². The summed E-state index contributed by atoms with van der Waals surface area (Å²) in [5.74, 6) is -0.605. The number of hydrogen-bond donors (Lipinski definition) is 1. The van der Waals surface area contributed by atoms with Crippen molar-refractivity contribution in [2.75, 3.05) is 6.61 Å². The Morgan fingerprint density at radius 1 is 1.44 bits per heavy atom. The van der Waals surface area contributed by atoms with Gasteiger partial charge in [0.2, 0.25) is 0 Å². The molecule has 7 heteroatoms. The van der Waals surface area contributed by atoms with Crippen LogP contribution in [0.25, 0.3) is 0 Å². The first-order chi connectivity index (χ1) is 8.68. The van der Waals surface area contributed by atoms with E-state index in [0.29, 0.717) is 12.2 Å². The van der Waals surface area contributed by atoms with Gasteiger partial charge in [0.25, 0.3) is 0 Å². The van der Waals surface area contributed by atoms with Crippen LogP contribution in [-0.4, -0.2) is 34.1 Å². The van der Waals surface area contributed by atoms with E-state index >= 15 is 0 Å². The number of carbonyl (C=O) groups is 2. The van der Waals surface area contributed by atoms with Gasteiger partial charge >= 0.3 is 12.1 Å². The lowest BCUT2D eigenvalue weighted by molar-refractivity contribution is -0.149. The van der Waals surface area contributed by atoms with Gasteiger partial charge in [-0.2, -0.15) is 0 Å². The molecule has 2 rings (SSSR count). The van der Waals surface area contributed by atoms with Crippen molar-refractivity contribution in [3.8, 4) is 0 Å². The monoisotopic (exact) mass is 269 g/mol. The molecule has 0 aliphatic carbocycles. The molecule has 0 radical (unpaired) electrons. The summed E-state index contributed by atoms with van der Waals surface area (Å²) < 4.78 is 10.8. The Morgan fingerprint density at radius 2 is 2.17 bits per heavy atom. The topological polar surface area (TPSA) is 76.1 Å². The van der Waals surface area contributed by atoms with Crippen LogP contribution in [0.15, 0.2) is 30.3 Å². The van der Waals surface area contributed by atoms with Gasteiger partial charge < -0.3 is 9.84 Å². The lowest BCUT2D eigenvalue weighted by Gasteiger charge is -2.15. The molecule has 6 nitrogen and oxygen atoms in total. The summed E-state index contributed by atoms with van der Waals surface area (Å²) in [5, 5.41) is 8.84. The van der Waals surface area contributed by atoms with Crippen LogP contribution in [-0.2, 0) is 20.3 Å². The molecule has 1 N–H and O–H groups in total. The zero-order valence-electron chi connectivity index (χ0n) is 9.31. The van der Waals surface area contributed by atoms with E-state index in [0.717, 1.165) is 9.87 Å². The second-order valence-corrected chi connectivity index (χ2v) is 4.35. The maximum atomic E-state index is 11.7. The van der Waals surface area contributed by atoms with E-state index in [4.69, 9.17) is 14.0 Å². The summed E-state index contributed by atoms with van der Waals surface area (Å²) in [6.45, 7) is 0.124. The molecule has 1 aliphatic heterocycles. The van der Waals surface area contributed by atoms with Crippen molar-refractivity contribution >= 4 is 24.3 Å². The number of carboxylic acid groups (broad SMARTS) is 1. The number of carbonyl (C=O) groups excluding carboxylic acids is 1. The molecule has 1 fully saturated rings. The summed E-state index contributed by atoms with van der Waals surface area (Å²) in [6, 6.07) is 8.27. The van der Waals surface area contributed by atoms with E-state index in [-0.39, 0.29) is 13.2 Å². The third-order valence-corrected chi connectivity index (χ3v) is 3.14. The molecule has 1 heterocycles. The Kier molecular flexibility index (Phi) is 4.06. The van der Waals surface area contributed by atoms with Crippen molar-refractivity contribution in [3.63, 3.8) is 0 Å². The van der Waals surface area contributed by atoms with Crippen LogP contribution in [0, 0.1) is 0 Å². The summed E-state index contributed by atoms with van der Waals surface area (Å²) in [5.41, 5.74) is 0.847. The molecule has 1 aromatic rings. The van der Waals surface area contributed by atoms with E-state index in [1.807, 2.05) is 30.3 Å². The van der Waals surface area contributed by atoms with Crippen molar-refractivity contribution in [2.45, 2.75) is 12.6 Å². The van der Waals surface area contributed by atoms with Gasteiger partial charge in [0.15, 0.2) is 6.04 Å². The van der Waals surface area contributed by atoms with E-state index in [1.165, 1.54) is 0 Å². The van der Waals surface area contributed by atoms with Gasteiger partial charge in [-0.1, -0.05) is 30.3 Å². The van der Waals surface area contributed by atoms with Crippen LogP contribution in [0.4, 0.5) is 4.79 Å². The number of ether oxygens (including phenoxy) is 1. The molecule has 0 aromatic heterocycles. The number of benzene rings is 1. The molecule has 0 unspecified atom stereocenters. The molecule has 96 valence electrons. The van der Waals surface area contributed by atoms with Crippen molar-refractivity contribution in [1.82, 2.24) is 4.31 Å². The number of nitrogens with zero attached hydrogens (tertiary/aromatic N) is 1. The van der Waals surface area contributed by atoms with Crippen LogP contribution in [0.2, 0.25) is 0 Å². The minimum absolute atomic E-state index is 0.00455. The minimum Gasteiger partial charge on any atom is -0.464 e.